The molecule has 0 bridgehead atoms. The number of aromatic nitrogens is 3. The smallest absolute Gasteiger partial charge is 0.293 e. The predicted octanol–water partition coefficient (Wildman–Crippen LogP) is 3.14. The summed E-state index contributed by atoms with van der Waals surface area (Å²) < 4.78 is 5.01. The summed E-state index contributed by atoms with van der Waals surface area (Å²) in [7, 11) is 0. The molecule has 3 heterocycles. The largest absolute Gasteiger partial charge is 0.459 e. The van der Waals surface area contributed by atoms with Crippen molar-refractivity contribution in [1.29, 1.82) is 0 Å². The van der Waals surface area contributed by atoms with Gasteiger partial charge in [-0.3, -0.25) is 14.9 Å². The molecule has 0 saturated heterocycles. The van der Waals surface area contributed by atoms with Crippen LogP contribution in [0.1, 0.15) is 41.0 Å². The molecule has 25 heavy (non-hydrogen) atoms. The number of anilines is 2. The summed E-state index contributed by atoms with van der Waals surface area (Å²) in [5.74, 6) is -0.153. The minimum Gasteiger partial charge on any atom is -0.459 e. The van der Waals surface area contributed by atoms with Crippen LogP contribution < -0.4 is 10.6 Å². The topological polar surface area (TPSA) is 110 Å². The van der Waals surface area contributed by atoms with Gasteiger partial charge in [-0.05, 0) is 12.1 Å². The van der Waals surface area contributed by atoms with Crippen LogP contribution in [-0.2, 0) is 11.2 Å². The van der Waals surface area contributed by atoms with Crippen LogP contribution in [0.4, 0.5) is 10.3 Å². The highest BCUT2D eigenvalue weighted by atomic mass is 32.1. The molecule has 0 unspecified atom stereocenters. The molecule has 2 N–H and O–H groups in total. The van der Waals surface area contributed by atoms with Crippen molar-refractivity contribution in [3.05, 3.63) is 40.2 Å². The van der Waals surface area contributed by atoms with Gasteiger partial charge in [-0.15, -0.1) is 21.5 Å². The molecule has 3 aromatic rings. The molecule has 0 fully saturated rings. The lowest BCUT2D eigenvalue weighted by atomic mass is 10.2. The summed E-state index contributed by atoms with van der Waals surface area (Å²) in [6.07, 6.45) is 1.51. The van der Waals surface area contributed by atoms with E-state index in [1.165, 1.54) is 28.9 Å². The first-order chi connectivity index (χ1) is 12.0. The van der Waals surface area contributed by atoms with Crippen molar-refractivity contribution >= 4 is 44.8 Å². The van der Waals surface area contributed by atoms with Crippen LogP contribution in [0.15, 0.2) is 28.2 Å². The van der Waals surface area contributed by atoms with Crippen molar-refractivity contribution in [3.63, 3.8) is 0 Å². The Bertz CT molecular complexity index is 870. The molecule has 0 spiro atoms. The van der Waals surface area contributed by atoms with Gasteiger partial charge in [0, 0.05) is 11.3 Å². The lowest BCUT2D eigenvalue weighted by Gasteiger charge is -1.99. The van der Waals surface area contributed by atoms with Crippen LogP contribution in [0.3, 0.4) is 0 Å². The molecule has 0 aliphatic carbocycles. The highest BCUT2D eigenvalue weighted by Gasteiger charge is 2.14. The van der Waals surface area contributed by atoms with Gasteiger partial charge in [-0.1, -0.05) is 25.2 Å². The van der Waals surface area contributed by atoms with E-state index in [4.69, 9.17) is 4.42 Å². The molecule has 0 atom stereocenters. The van der Waals surface area contributed by atoms with Gasteiger partial charge < -0.3 is 9.73 Å². The molecule has 0 saturated carbocycles. The molecule has 130 valence electrons. The number of rotatable bonds is 6. The fraction of sp³-hybridized carbons (Fsp3) is 0.267. The normalized spacial score (nSPS) is 10.8. The summed E-state index contributed by atoms with van der Waals surface area (Å²) in [5.41, 5.74) is 0.561. The fourth-order valence-electron chi connectivity index (χ4n) is 1.86. The number of carbonyl (C=O) groups is 2. The standard InChI is InChI=1S/C15H15N5O3S2/c1-8(2)13-19-20-15(25-13)17-11(21)6-9-7-24-14(16-9)18-12(22)10-4-3-5-23-10/h3-5,7-8H,6H2,1-2H3,(H,16,18,22)(H,17,20,21). The number of hydrogen-bond acceptors (Lipinski definition) is 8. The SMILES string of the molecule is CC(C)c1nnc(NC(=O)Cc2csc(NC(=O)c3ccco3)n2)s1. The van der Waals surface area contributed by atoms with E-state index in [1.807, 2.05) is 13.8 Å². The summed E-state index contributed by atoms with van der Waals surface area (Å²) in [6, 6.07) is 3.19. The van der Waals surface area contributed by atoms with Crippen molar-refractivity contribution in [2.75, 3.05) is 10.6 Å². The zero-order chi connectivity index (χ0) is 17.8. The van der Waals surface area contributed by atoms with Crippen LogP contribution in [0, 0.1) is 0 Å². The molecule has 0 aliphatic rings. The monoisotopic (exact) mass is 377 g/mol. The third-order valence-electron chi connectivity index (χ3n) is 3.04. The Balaban J connectivity index is 1.55. The molecule has 0 radical (unpaired) electrons. The zero-order valence-corrected chi connectivity index (χ0v) is 15.1. The lowest BCUT2D eigenvalue weighted by molar-refractivity contribution is -0.115. The molecule has 2 amide bonds. The lowest BCUT2D eigenvalue weighted by Crippen LogP contribution is -2.15. The zero-order valence-electron chi connectivity index (χ0n) is 13.5. The minimum atomic E-state index is -0.384. The summed E-state index contributed by atoms with van der Waals surface area (Å²) >= 11 is 2.59. The number of amides is 2. The second kappa shape index (κ2) is 7.53. The van der Waals surface area contributed by atoms with Gasteiger partial charge in [-0.2, -0.15) is 0 Å². The van der Waals surface area contributed by atoms with Gasteiger partial charge >= 0.3 is 0 Å². The Morgan fingerprint density at radius 1 is 1.24 bits per heavy atom. The first-order valence-corrected chi connectivity index (χ1v) is 9.13. The van der Waals surface area contributed by atoms with E-state index in [-0.39, 0.29) is 29.9 Å². The minimum absolute atomic E-state index is 0.0870. The van der Waals surface area contributed by atoms with Crippen LogP contribution >= 0.6 is 22.7 Å². The average Bonchev–Trinajstić information content (AvgIpc) is 3.28. The number of nitrogens with zero attached hydrogens (tertiary/aromatic N) is 3. The average molecular weight is 377 g/mol. The molecule has 10 heteroatoms. The Morgan fingerprint density at radius 3 is 2.76 bits per heavy atom. The highest BCUT2D eigenvalue weighted by Crippen LogP contribution is 2.23. The van der Waals surface area contributed by atoms with Crippen LogP contribution in [0.5, 0.6) is 0 Å². The molecular weight excluding hydrogens is 362 g/mol. The van der Waals surface area contributed by atoms with E-state index in [9.17, 15) is 9.59 Å². The first kappa shape index (κ1) is 17.2. The van der Waals surface area contributed by atoms with Gasteiger partial charge in [0.15, 0.2) is 10.9 Å². The van der Waals surface area contributed by atoms with Crippen molar-refractivity contribution in [2.24, 2.45) is 0 Å². The highest BCUT2D eigenvalue weighted by molar-refractivity contribution is 7.15. The van der Waals surface area contributed by atoms with Crippen molar-refractivity contribution < 1.29 is 14.0 Å². The predicted molar refractivity (Wildman–Crippen MR) is 95.1 cm³/mol. The number of furan rings is 1. The molecule has 3 aromatic heterocycles. The maximum absolute atomic E-state index is 12.1. The van der Waals surface area contributed by atoms with Crippen molar-refractivity contribution in [3.8, 4) is 0 Å². The molecule has 8 nitrogen and oxygen atoms in total. The van der Waals surface area contributed by atoms with E-state index in [0.717, 1.165) is 5.01 Å². The first-order valence-electron chi connectivity index (χ1n) is 7.44. The Hall–Kier alpha value is -2.59. The van der Waals surface area contributed by atoms with E-state index in [0.29, 0.717) is 16.0 Å². The third-order valence-corrected chi connectivity index (χ3v) is 4.99. The van der Waals surface area contributed by atoms with Gasteiger partial charge in [0.1, 0.15) is 5.01 Å². The van der Waals surface area contributed by atoms with Gasteiger partial charge in [0.25, 0.3) is 5.91 Å². The molecule has 3 rings (SSSR count). The van der Waals surface area contributed by atoms with Crippen LogP contribution in [-0.4, -0.2) is 27.0 Å². The Kier molecular flexibility index (Phi) is 5.19. The van der Waals surface area contributed by atoms with Gasteiger partial charge in [0.2, 0.25) is 11.0 Å². The number of thiazole rings is 1. The van der Waals surface area contributed by atoms with E-state index >= 15 is 0 Å². The quantitative estimate of drug-likeness (QED) is 0.683. The second-order valence-corrected chi connectivity index (χ2v) is 7.27. The maximum atomic E-state index is 12.1. The van der Waals surface area contributed by atoms with E-state index in [2.05, 4.69) is 25.8 Å². The Morgan fingerprint density at radius 2 is 2.08 bits per heavy atom. The van der Waals surface area contributed by atoms with Crippen LogP contribution in [0.25, 0.3) is 0 Å². The number of hydrogen-bond donors (Lipinski definition) is 2. The third kappa shape index (κ3) is 4.48. The molecule has 0 aliphatic heterocycles. The Labute approximate surface area is 151 Å². The summed E-state index contributed by atoms with van der Waals surface area (Å²) in [4.78, 5) is 28.2. The number of carbonyl (C=O) groups excluding carboxylic acids is 2. The molecule has 0 aromatic carbocycles. The van der Waals surface area contributed by atoms with Gasteiger partial charge in [-0.25, -0.2) is 4.98 Å². The fourth-order valence-corrected chi connectivity index (χ4v) is 3.33. The summed E-state index contributed by atoms with van der Waals surface area (Å²) in [5, 5.41) is 16.8. The van der Waals surface area contributed by atoms with Crippen LogP contribution in [0.2, 0.25) is 0 Å². The van der Waals surface area contributed by atoms with Crippen molar-refractivity contribution in [1.82, 2.24) is 15.2 Å². The van der Waals surface area contributed by atoms with Gasteiger partial charge in [0.05, 0.1) is 18.4 Å². The number of nitrogens with one attached hydrogen (secondary N) is 2. The van der Waals surface area contributed by atoms with Crippen molar-refractivity contribution in [2.45, 2.75) is 26.2 Å². The second-order valence-electron chi connectivity index (χ2n) is 5.40. The molecular formula is C15H15N5O3S2. The van der Waals surface area contributed by atoms with E-state index < -0.39 is 0 Å². The maximum Gasteiger partial charge on any atom is 0.293 e. The summed E-state index contributed by atoms with van der Waals surface area (Å²) in [6.45, 7) is 4.03. The van der Waals surface area contributed by atoms with E-state index in [1.54, 1.807) is 17.5 Å².